The van der Waals surface area contributed by atoms with Crippen LogP contribution in [0.15, 0.2) is 58.3 Å². The van der Waals surface area contributed by atoms with Crippen LogP contribution in [-0.2, 0) is 0 Å². The number of hydrogen-bond donors (Lipinski definition) is 1. The number of nitrogens with zero attached hydrogens (tertiary/aromatic N) is 1. The molecule has 1 amide bonds. The minimum Gasteiger partial charge on any atom is -0.494 e. The maximum Gasteiger partial charge on any atom is 0.257 e. The maximum atomic E-state index is 12.3. The van der Waals surface area contributed by atoms with Gasteiger partial charge in [0.05, 0.1) is 6.61 Å². The summed E-state index contributed by atoms with van der Waals surface area (Å²) in [4.78, 5) is 16.8. The first kappa shape index (κ1) is 17.3. The molecule has 27 heavy (non-hydrogen) atoms. The van der Waals surface area contributed by atoms with E-state index in [1.807, 2.05) is 55.6 Å². The number of thiazole rings is 1. The van der Waals surface area contributed by atoms with Crippen LogP contribution >= 0.6 is 11.3 Å². The summed E-state index contributed by atoms with van der Waals surface area (Å²) in [5, 5.41) is 6.19. The number of amides is 1. The van der Waals surface area contributed by atoms with E-state index in [1.54, 1.807) is 12.1 Å². The van der Waals surface area contributed by atoms with Crippen molar-refractivity contribution in [3.8, 4) is 17.2 Å². The highest BCUT2D eigenvalue weighted by molar-refractivity contribution is 7.14. The highest BCUT2D eigenvalue weighted by atomic mass is 32.1. The number of rotatable bonds is 5. The SMILES string of the molecule is CCOc1ccc2oc(-c3csc(NC(=O)c4ccc(C)cc4)n3)cc2c1. The average molecular weight is 378 g/mol. The Morgan fingerprint density at radius 3 is 2.78 bits per heavy atom. The van der Waals surface area contributed by atoms with E-state index in [2.05, 4.69) is 10.3 Å². The van der Waals surface area contributed by atoms with E-state index >= 15 is 0 Å². The van der Waals surface area contributed by atoms with Crippen LogP contribution in [-0.4, -0.2) is 17.5 Å². The first-order chi connectivity index (χ1) is 13.1. The molecule has 0 spiro atoms. The molecule has 1 N–H and O–H groups in total. The number of hydrogen-bond acceptors (Lipinski definition) is 5. The Kier molecular flexibility index (Phi) is 4.64. The van der Waals surface area contributed by atoms with Gasteiger partial charge >= 0.3 is 0 Å². The lowest BCUT2D eigenvalue weighted by Gasteiger charge is -2.01. The standard InChI is InChI=1S/C21H18N2O3S/c1-3-25-16-8-9-18-15(10-16)11-19(26-18)17-12-27-21(22-17)23-20(24)14-6-4-13(2)5-7-14/h4-12H,3H2,1-2H3,(H,22,23,24). The molecular weight excluding hydrogens is 360 g/mol. The summed E-state index contributed by atoms with van der Waals surface area (Å²) in [6.45, 7) is 4.55. The molecular formula is C21H18N2O3S. The van der Waals surface area contributed by atoms with Gasteiger partial charge in [-0.15, -0.1) is 11.3 Å². The van der Waals surface area contributed by atoms with Gasteiger partial charge in [-0.3, -0.25) is 10.1 Å². The zero-order valence-electron chi connectivity index (χ0n) is 15.0. The summed E-state index contributed by atoms with van der Waals surface area (Å²) < 4.78 is 11.4. The van der Waals surface area contributed by atoms with Gasteiger partial charge in [0.2, 0.25) is 0 Å². The molecule has 0 aliphatic rings. The minimum absolute atomic E-state index is 0.179. The Balaban J connectivity index is 1.54. The fourth-order valence-electron chi connectivity index (χ4n) is 2.72. The van der Waals surface area contributed by atoms with Crippen molar-refractivity contribution in [1.82, 2.24) is 4.98 Å². The Morgan fingerprint density at radius 2 is 2.00 bits per heavy atom. The fourth-order valence-corrected chi connectivity index (χ4v) is 3.42. The number of benzene rings is 2. The lowest BCUT2D eigenvalue weighted by molar-refractivity contribution is 0.102. The third-order valence-electron chi connectivity index (χ3n) is 4.09. The van der Waals surface area contributed by atoms with Gasteiger partial charge in [0, 0.05) is 16.3 Å². The first-order valence-corrected chi connectivity index (χ1v) is 9.50. The van der Waals surface area contributed by atoms with Crippen molar-refractivity contribution < 1.29 is 13.9 Å². The van der Waals surface area contributed by atoms with E-state index in [9.17, 15) is 4.79 Å². The van der Waals surface area contributed by atoms with Crippen molar-refractivity contribution in [2.24, 2.45) is 0 Å². The second kappa shape index (κ2) is 7.25. The van der Waals surface area contributed by atoms with Crippen LogP contribution in [0.25, 0.3) is 22.4 Å². The molecule has 4 aromatic rings. The van der Waals surface area contributed by atoms with E-state index in [-0.39, 0.29) is 5.91 Å². The largest absolute Gasteiger partial charge is 0.494 e. The third-order valence-corrected chi connectivity index (χ3v) is 4.85. The highest BCUT2D eigenvalue weighted by Crippen LogP contribution is 2.32. The number of furan rings is 1. The van der Waals surface area contributed by atoms with Gasteiger partial charge < -0.3 is 9.15 Å². The fraction of sp³-hybridized carbons (Fsp3) is 0.143. The van der Waals surface area contributed by atoms with Crippen LogP contribution in [0.4, 0.5) is 5.13 Å². The Bertz CT molecular complexity index is 1100. The number of carbonyl (C=O) groups is 1. The molecule has 4 rings (SSSR count). The van der Waals surface area contributed by atoms with E-state index in [0.717, 1.165) is 22.3 Å². The second-order valence-corrected chi connectivity index (χ2v) is 6.96. The monoisotopic (exact) mass is 378 g/mol. The lowest BCUT2D eigenvalue weighted by Crippen LogP contribution is -2.11. The number of carbonyl (C=O) groups excluding carboxylic acids is 1. The van der Waals surface area contributed by atoms with Crippen LogP contribution in [0.1, 0.15) is 22.8 Å². The van der Waals surface area contributed by atoms with Crippen LogP contribution in [0.2, 0.25) is 0 Å². The van der Waals surface area contributed by atoms with Crippen molar-refractivity contribution >= 4 is 33.3 Å². The molecule has 0 unspecified atom stereocenters. The summed E-state index contributed by atoms with van der Waals surface area (Å²) in [7, 11) is 0. The Hall–Kier alpha value is -3.12. The molecule has 0 atom stereocenters. The molecule has 0 radical (unpaired) electrons. The smallest absolute Gasteiger partial charge is 0.257 e. The summed E-state index contributed by atoms with van der Waals surface area (Å²) in [5.74, 6) is 1.29. The molecule has 136 valence electrons. The van der Waals surface area contributed by atoms with Gasteiger partial charge in [0.25, 0.3) is 5.91 Å². The van der Waals surface area contributed by atoms with Gasteiger partial charge in [-0.25, -0.2) is 4.98 Å². The molecule has 2 aromatic carbocycles. The maximum absolute atomic E-state index is 12.3. The summed E-state index contributed by atoms with van der Waals surface area (Å²) in [6.07, 6.45) is 0. The van der Waals surface area contributed by atoms with Crippen LogP contribution in [0.5, 0.6) is 5.75 Å². The number of nitrogens with one attached hydrogen (secondary N) is 1. The van der Waals surface area contributed by atoms with Gasteiger partial charge in [-0.05, 0) is 50.2 Å². The van der Waals surface area contributed by atoms with Gasteiger partial charge in [-0.1, -0.05) is 17.7 Å². The van der Waals surface area contributed by atoms with E-state index in [4.69, 9.17) is 9.15 Å². The van der Waals surface area contributed by atoms with E-state index in [0.29, 0.717) is 28.8 Å². The number of ether oxygens (including phenoxy) is 1. The van der Waals surface area contributed by atoms with Crippen molar-refractivity contribution in [3.05, 3.63) is 65.0 Å². The highest BCUT2D eigenvalue weighted by Gasteiger charge is 2.13. The predicted molar refractivity (Wildman–Crippen MR) is 108 cm³/mol. The molecule has 5 nitrogen and oxygen atoms in total. The van der Waals surface area contributed by atoms with Crippen LogP contribution in [0.3, 0.4) is 0 Å². The van der Waals surface area contributed by atoms with Gasteiger partial charge in [0.1, 0.15) is 17.0 Å². The molecule has 0 aliphatic heterocycles. The van der Waals surface area contributed by atoms with Crippen LogP contribution in [0, 0.1) is 6.92 Å². The lowest BCUT2D eigenvalue weighted by atomic mass is 10.1. The summed E-state index contributed by atoms with van der Waals surface area (Å²) in [5.41, 5.74) is 3.17. The quantitative estimate of drug-likeness (QED) is 0.497. The first-order valence-electron chi connectivity index (χ1n) is 8.62. The van der Waals surface area contributed by atoms with Crippen LogP contribution < -0.4 is 10.1 Å². The van der Waals surface area contributed by atoms with E-state index < -0.39 is 0 Å². The topological polar surface area (TPSA) is 64.4 Å². The summed E-state index contributed by atoms with van der Waals surface area (Å²) in [6, 6.07) is 15.1. The molecule has 2 heterocycles. The average Bonchev–Trinajstić information content (AvgIpc) is 3.28. The molecule has 6 heteroatoms. The van der Waals surface area contributed by atoms with Crippen molar-refractivity contribution in [2.45, 2.75) is 13.8 Å². The number of aryl methyl sites for hydroxylation is 1. The number of fused-ring (bicyclic) bond motifs is 1. The minimum atomic E-state index is -0.179. The molecule has 2 aromatic heterocycles. The van der Waals surface area contributed by atoms with E-state index in [1.165, 1.54) is 11.3 Å². The third kappa shape index (κ3) is 3.71. The summed E-state index contributed by atoms with van der Waals surface area (Å²) >= 11 is 1.36. The molecule has 0 saturated carbocycles. The van der Waals surface area contributed by atoms with Gasteiger partial charge in [0.15, 0.2) is 10.9 Å². The van der Waals surface area contributed by atoms with Crippen molar-refractivity contribution in [2.75, 3.05) is 11.9 Å². The molecule has 0 bridgehead atoms. The molecule has 0 fully saturated rings. The zero-order chi connectivity index (χ0) is 18.8. The Labute approximate surface area is 160 Å². The van der Waals surface area contributed by atoms with Crippen molar-refractivity contribution in [1.29, 1.82) is 0 Å². The number of anilines is 1. The zero-order valence-corrected chi connectivity index (χ0v) is 15.8. The molecule has 0 aliphatic carbocycles. The predicted octanol–water partition coefficient (Wildman–Crippen LogP) is 5.52. The van der Waals surface area contributed by atoms with Crippen molar-refractivity contribution in [3.63, 3.8) is 0 Å². The normalized spacial score (nSPS) is 10.9. The second-order valence-electron chi connectivity index (χ2n) is 6.10. The molecule has 0 saturated heterocycles. The number of aromatic nitrogens is 1. The van der Waals surface area contributed by atoms with Gasteiger partial charge in [-0.2, -0.15) is 0 Å². The Morgan fingerprint density at radius 1 is 1.19 bits per heavy atom.